The Labute approximate surface area is 172 Å². The number of carbonyl (C=O) groups excluding carboxylic acids is 1. The minimum Gasteiger partial charge on any atom is -0.497 e. The van der Waals surface area contributed by atoms with Crippen molar-refractivity contribution in [3.8, 4) is 5.75 Å². The van der Waals surface area contributed by atoms with E-state index < -0.39 is 35.7 Å². The average molecular weight is 418 g/mol. The first kappa shape index (κ1) is 21.8. The van der Waals surface area contributed by atoms with Gasteiger partial charge in [-0.15, -0.1) is 0 Å². The first-order valence-electron chi connectivity index (χ1n) is 9.59. The van der Waals surface area contributed by atoms with Gasteiger partial charge in [0.2, 0.25) is 5.91 Å². The van der Waals surface area contributed by atoms with E-state index in [2.05, 4.69) is 10.3 Å². The molecular formula is C20H26N4O6. The summed E-state index contributed by atoms with van der Waals surface area (Å²) in [6, 6.07) is 5.93. The second kappa shape index (κ2) is 9.24. The van der Waals surface area contributed by atoms with Crippen LogP contribution in [0.4, 0.5) is 0 Å². The fourth-order valence-corrected chi connectivity index (χ4v) is 3.42. The number of aliphatic hydroxyl groups is 1. The van der Waals surface area contributed by atoms with Gasteiger partial charge in [0.25, 0.3) is 5.56 Å². The minimum atomic E-state index is -0.796. The molecule has 10 heteroatoms. The van der Waals surface area contributed by atoms with Gasteiger partial charge in [0.05, 0.1) is 25.8 Å². The van der Waals surface area contributed by atoms with Crippen molar-refractivity contribution < 1.29 is 19.4 Å². The molecule has 1 aromatic carbocycles. The van der Waals surface area contributed by atoms with Gasteiger partial charge in [-0.25, -0.2) is 4.79 Å². The van der Waals surface area contributed by atoms with E-state index in [4.69, 9.17) is 15.2 Å². The fourth-order valence-electron chi connectivity index (χ4n) is 3.42. The molecule has 0 bridgehead atoms. The summed E-state index contributed by atoms with van der Waals surface area (Å²) >= 11 is 0. The zero-order valence-electron chi connectivity index (χ0n) is 16.8. The normalized spacial score (nSPS) is 21.9. The molecule has 1 fully saturated rings. The summed E-state index contributed by atoms with van der Waals surface area (Å²) in [4.78, 5) is 38.5. The number of carbonyl (C=O) groups is 1. The Morgan fingerprint density at radius 2 is 2.10 bits per heavy atom. The van der Waals surface area contributed by atoms with Crippen molar-refractivity contribution in [1.29, 1.82) is 0 Å². The number of methoxy groups -OCH3 is 1. The molecule has 1 aliphatic heterocycles. The van der Waals surface area contributed by atoms with Crippen LogP contribution < -0.4 is 27.0 Å². The molecule has 1 amide bonds. The van der Waals surface area contributed by atoms with Gasteiger partial charge in [-0.1, -0.05) is 12.1 Å². The number of aromatic amines is 1. The highest BCUT2D eigenvalue weighted by molar-refractivity contribution is 5.82. The van der Waals surface area contributed by atoms with Crippen LogP contribution in [0.25, 0.3) is 0 Å². The molecule has 0 saturated carbocycles. The number of ether oxygens (including phenoxy) is 2. The molecule has 0 spiro atoms. The maximum atomic E-state index is 12.6. The summed E-state index contributed by atoms with van der Waals surface area (Å²) in [5, 5.41) is 12.4. The second-order valence-electron chi connectivity index (χ2n) is 7.30. The van der Waals surface area contributed by atoms with E-state index in [1.165, 1.54) is 10.8 Å². The van der Waals surface area contributed by atoms with Crippen LogP contribution in [0.5, 0.6) is 5.75 Å². The summed E-state index contributed by atoms with van der Waals surface area (Å²) in [6.07, 6.45) is 0.548. The van der Waals surface area contributed by atoms with Crippen LogP contribution in [0.1, 0.15) is 23.8 Å². The number of nitrogens with one attached hydrogen (secondary N) is 2. The van der Waals surface area contributed by atoms with Crippen molar-refractivity contribution in [2.75, 3.05) is 13.7 Å². The van der Waals surface area contributed by atoms with Gasteiger partial charge in [-0.2, -0.15) is 0 Å². The van der Waals surface area contributed by atoms with Crippen molar-refractivity contribution in [2.45, 2.75) is 44.2 Å². The van der Waals surface area contributed by atoms with Crippen LogP contribution in [0, 0.1) is 6.92 Å². The summed E-state index contributed by atoms with van der Waals surface area (Å²) in [5.74, 6) is 0.327. The first-order chi connectivity index (χ1) is 14.3. The molecule has 1 saturated heterocycles. The Hall–Kier alpha value is -2.95. The maximum absolute atomic E-state index is 12.6. The largest absolute Gasteiger partial charge is 0.497 e. The van der Waals surface area contributed by atoms with E-state index >= 15 is 0 Å². The molecule has 2 heterocycles. The Balaban J connectivity index is 1.66. The van der Waals surface area contributed by atoms with Crippen LogP contribution in [-0.4, -0.2) is 52.5 Å². The molecule has 0 unspecified atom stereocenters. The zero-order chi connectivity index (χ0) is 21.8. The van der Waals surface area contributed by atoms with E-state index in [0.29, 0.717) is 17.7 Å². The molecule has 162 valence electrons. The Kier molecular flexibility index (Phi) is 6.70. The molecule has 0 aliphatic carbocycles. The number of aromatic nitrogens is 2. The quantitative estimate of drug-likeness (QED) is 0.459. The van der Waals surface area contributed by atoms with E-state index in [1.807, 2.05) is 12.1 Å². The van der Waals surface area contributed by atoms with Crippen molar-refractivity contribution in [1.82, 2.24) is 14.9 Å². The SMILES string of the molecule is COc1ccc(C[C@H](N)C(=O)N[C@H]2C[C@@H](n3cc(C)c(=O)[nH]c3=O)O[C@@H]2CO)cc1. The zero-order valence-corrected chi connectivity index (χ0v) is 16.8. The molecule has 1 aromatic heterocycles. The number of H-pyrrole nitrogens is 1. The van der Waals surface area contributed by atoms with Gasteiger partial charge in [0.1, 0.15) is 18.1 Å². The average Bonchev–Trinajstić information content (AvgIpc) is 3.13. The molecule has 3 rings (SSSR count). The predicted molar refractivity (Wildman–Crippen MR) is 108 cm³/mol. The molecule has 30 heavy (non-hydrogen) atoms. The van der Waals surface area contributed by atoms with E-state index in [9.17, 15) is 19.5 Å². The Bertz CT molecular complexity index is 1000. The number of amides is 1. The van der Waals surface area contributed by atoms with Gasteiger partial charge in [0.15, 0.2) is 0 Å². The Morgan fingerprint density at radius 1 is 1.40 bits per heavy atom. The van der Waals surface area contributed by atoms with Gasteiger partial charge in [-0.3, -0.25) is 19.1 Å². The highest BCUT2D eigenvalue weighted by Gasteiger charge is 2.38. The lowest BCUT2D eigenvalue weighted by atomic mass is 10.0. The third-order valence-electron chi connectivity index (χ3n) is 5.15. The third kappa shape index (κ3) is 4.78. The summed E-state index contributed by atoms with van der Waals surface area (Å²) in [7, 11) is 1.57. The smallest absolute Gasteiger partial charge is 0.330 e. The standard InChI is InChI=1S/C20H26N4O6/c1-11-9-24(20(28)23-18(11)26)17-8-15(16(10-25)30-17)22-19(27)14(21)7-12-3-5-13(29-2)6-4-12/h3-6,9,14-17,25H,7-8,10,21H2,1-2H3,(H,22,27)(H,23,26,28)/t14-,15-,16+,17-/m0/s1. The van der Waals surface area contributed by atoms with Crippen LogP contribution >= 0.6 is 0 Å². The number of hydrogen-bond donors (Lipinski definition) is 4. The lowest BCUT2D eigenvalue weighted by Crippen LogP contribution is -2.49. The van der Waals surface area contributed by atoms with Gasteiger partial charge >= 0.3 is 5.69 Å². The summed E-state index contributed by atoms with van der Waals surface area (Å²) in [5.41, 5.74) is 6.20. The van der Waals surface area contributed by atoms with E-state index in [1.54, 1.807) is 26.2 Å². The van der Waals surface area contributed by atoms with Crippen LogP contribution in [0.15, 0.2) is 40.1 Å². The van der Waals surface area contributed by atoms with Crippen LogP contribution in [0.3, 0.4) is 0 Å². The number of rotatable bonds is 7. The molecule has 10 nitrogen and oxygen atoms in total. The second-order valence-corrected chi connectivity index (χ2v) is 7.30. The number of nitrogens with two attached hydrogens (primary N) is 1. The topological polar surface area (TPSA) is 149 Å². The van der Waals surface area contributed by atoms with E-state index in [-0.39, 0.29) is 18.9 Å². The van der Waals surface area contributed by atoms with Gasteiger partial charge in [0, 0.05) is 18.2 Å². The highest BCUT2D eigenvalue weighted by Crippen LogP contribution is 2.27. The lowest BCUT2D eigenvalue weighted by molar-refractivity contribution is -0.123. The van der Waals surface area contributed by atoms with Crippen molar-refractivity contribution >= 4 is 5.91 Å². The van der Waals surface area contributed by atoms with Crippen LogP contribution in [-0.2, 0) is 16.0 Å². The maximum Gasteiger partial charge on any atom is 0.330 e. The highest BCUT2D eigenvalue weighted by atomic mass is 16.5. The van der Waals surface area contributed by atoms with Gasteiger partial charge < -0.3 is 25.6 Å². The third-order valence-corrected chi connectivity index (χ3v) is 5.15. The van der Waals surface area contributed by atoms with Gasteiger partial charge in [-0.05, 0) is 31.0 Å². The van der Waals surface area contributed by atoms with E-state index in [0.717, 1.165) is 5.56 Å². The number of benzene rings is 1. The number of nitrogens with zero attached hydrogens (tertiary/aromatic N) is 1. The molecular weight excluding hydrogens is 392 g/mol. The molecule has 4 atom stereocenters. The molecule has 5 N–H and O–H groups in total. The minimum absolute atomic E-state index is 0.248. The number of aliphatic hydroxyl groups excluding tert-OH is 1. The monoisotopic (exact) mass is 418 g/mol. The van der Waals surface area contributed by atoms with Crippen LogP contribution in [0.2, 0.25) is 0 Å². The number of aryl methyl sites for hydroxylation is 1. The fraction of sp³-hybridized carbons (Fsp3) is 0.450. The first-order valence-corrected chi connectivity index (χ1v) is 9.59. The molecule has 1 aliphatic rings. The molecule has 2 aromatic rings. The predicted octanol–water partition coefficient (Wildman–Crippen LogP) is -0.812. The summed E-state index contributed by atoms with van der Waals surface area (Å²) in [6.45, 7) is 1.23. The lowest BCUT2D eigenvalue weighted by Gasteiger charge is -2.20. The summed E-state index contributed by atoms with van der Waals surface area (Å²) < 4.78 is 12.1. The Morgan fingerprint density at radius 3 is 2.73 bits per heavy atom. The number of hydrogen-bond acceptors (Lipinski definition) is 7. The van der Waals surface area contributed by atoms with Crippen molar-refractivity contribution in [3.05, 3.63) is 62.4 Å². The van der Waals surface area contributed by atoms with Crippen molar-refractivity contribution in [2.24, 2.45) is 5.73 Å². The molecule has 0 radical (unpaired) electrons. The van der Waals surface area contributed by atoms with Crippen molar-refractivity contribution in [3.63, 3.8) is 0 Å².